The van der Waals surface area contributed by atoms with Gasteiger partial charge >= 0.3 is 5.97 Å². The molecule has 0 aromatic heterocycles. The minimum atomic E-state index is -0.408. The molecule has 3 heteroatoms. The Hall–Kier alpha value is -0.570. The molecule has 1 aliphatic carbocycles. The Morgan fingerprint density at radius 2 is 2.18 bits per heavy atom. The number of hydrogen-bond acceptors (Lipinski definition) is 3. The van der Waals surface area contributed by atoms with Gasteiger partial charge in [-0.25, -0.2) is 0 Å². The van der Waals surface area contributed by atoms with E-state index < -0.39 is 5.54 Å². The molecule has 17 heavy (non-hydrogen) atoms. The summed E-state index contributed by atoms with van der Waals surface area (Å²) in [7, 11) is 0. The lowest BCUT2D eigenvalue weighted by Gasteiger charge is -2.34. The second-order valence-electron chi connectivity index (χ2n) is 5.46. The molecule has 1 aliphatic rings. The molecule has 3 nitrogen and oxygen atoms in total. The van der Waals surface area contributed by atoms with Crippen LogP contribution < -0.4 is 5.32 Å². The molecule has 0 heterocycles. The second-order valence-corrected chi connectivity index (χ2v) is 5.46. The minimum absolute atomic E-state index is 0.0370. The normalized spacial score (nSPS) is 28.6. The van der Waals surface area contributed by atoms with Crippen molar-refractivity contribution >= 4 is 5.97 Å². The summed E-state index contributed by atoms with van der Waals surface area (Å²) in [6.07, 6.45) is 4.24. The topological polar surface area (TPSA) is 38.3 Å². The summed E-state index contributed by atoms with van der Waals surface area (Å²) in [6.45, 7) is 9.74. The molecule has 2 unspecified atom stereocenters. The third-order valence-corrected chi connectivity index (χ3v) is 3.78. The molecule has 1 N–H and O–H groups in total. The Balaban J connectivity index is 2.79. The summed E-state index contributed by atoms with van der Waals surface area (Å²) in [4.78, 5) is 12.3. The molecule has 0 aromatic rings. The third-order valence-electron chi connectivity index (χ3n) is 3.78. The third kappa shape index (κ3) is 3.21. The van der Waals surface area contributed by atoms with Gasteiger partial charge in [0.05, 0.1) is 6.61 Å². The first kappa shape index (κ1) is 14.5. The second kappa shape index (κ2) is 6.39. The van der Waals surface area contributed by atoms with E-state index in [1.165, 1.54) is 0 Å². The van der Waals surface area contributed by atoms with Crippen molar-refractivity contribution in [3.8, 4) is 0 Å². The van der Waals surface area contributed by atoms with Crippen LogP contribution >= 0.6 is 0 Å². The van der Waals surface area contributed by atoms with Crippen molar-refractivity contribution in [1.82, 2.24) is 5.32 Å². The highest BCUT2D eigenvalue weighted by Crippen LogP contribution is 2.39. The van der Waals surface area contributed by atoms with Gasteiger partial charge in [-0.3, -0.25) is 4.79 Å². The molecule has 100 valence electrons. The van der Waals surface area contributed by atoms with Crippen LogP contribution in [0.2, 0.25) is 0 Å². The van der Waals surface area contributed by atoms with Crippen molar-refractivity contribution in [3.05, 3.63) is 0 Å². The van der Waals surface area contributed by atoms with Crippen LogP contribution in [0, 0.1) is 11.8 Å². The van der Waals surface area contributed by atoms with Crippen LogP contribution in [0.15, 0.2) is 0 Å². The SMILES string of the molecule is CCOC(=O)C1(NCC(C)C)CCCC1CC. The number of carbonyl (C=O) groups is 1. The zero-order valence-electron chi connectivity index (χ0n) is 11.7. The van der Waals surface area contributed by atoms with Crippen LogP contribution in [0.1, 0.15) is 53.4 Å². The summed E-state index contributed by atoms with van der Waals surface area (Å²) in [5.41, 5.74) is -0.408. The van der Waals surface area contributed by atoms with E-state index >= 15 is 0 Å². The highest BCUT2D eigenvalue weighted by Gasteiger charge is 2.48. The molecular weight excluding hydrogens is 214 g/mol. The predicted molar refractivity (Wildman–Crippen MR) is 69.8 cm³/mol. The lowest BCUT2D eigenvalue weighted by atomic mass is 9.84. The summed E-state index contributed by atoms with van der Waals surface area (Å²) in [5, 5.41) is 3.51. The Bertz CT molecular complexity index is 253. The predicted octanol–water partition coefficient (Wildman–Crippen LogP) is 2.74. The number of rotatable bonds is 6. The Morgan fingerprint density at radius 1 is 1.47 bits per heavy atom. The average molecular weight is 241 g/mol. The van der Waals surface area contributed by atoms with Crippen LogP contribution in [-0.4, -0.2) is 24.7 Å². The highest BCUT2D eigenvalue weighted by molar-refractivity contribution is 5.81. The van der Waals surface area contributed by atoms with Crippen LogP contribution in [0.3, 0.4) is 0 Å². The van der Waals surface area contributed by atoms with E-state index in [-0.39, 0.29) is 5.97 Å². The molecule has 0 bridgehead atoms. The quantitative estimate of drug-likeness (QED) is 0.727. The van der Waals surface area contributed by atoms with E-state index in [4.69, 9.17) is 4.74 Å². The lowest BCUT2D eigenvalue weighted by Crippen LogP contribution is -2.56. The van der Waals surface area contributed by atoms with E-state index in [2.05, 4.69) is 26.1 Å². The van der Waals surface area contributed by atoms with Crippen molar-refractivity contribution in [1.29, 1.82) is 0 Å². The van der Waals surface area contributed by atoms with Crippen molar-refractivity contribution in [2.24, 2.45) is 11.8 Å². The van der Waals surface area contributed by atoms with Crippen molar-refractivity contribution in [2.45, 2.75) is 58.9 Å². The summed E-state index contributed by atoms with van der Waals surface area (Å²) in [5.74, 6) is 0.949. The van der Waals surface area contributed by atoms with Gasteiger partial charge in [0, 0.05) is 0 Å². The average Bonchev–Trinajstić information content (AvgIpc) is 2.70. The van der Waals surface area contributed by atoms with Gasteiger partial charge in [0.1, 0.15) is 5.54 Å². The van der Waals surface area contributed by atoms with E-state index in [1.807, 2.05) is 6.92 Å². The van der Waals surface area contributed by atoms with Gasteiger partial charge in [0.25, 0.3) is 0 Å². The molecule has 0 spiro atoms. The number of esters is 1. The lowest BCUT2D eigenvalue weighted by molar-refractivity contribution is -0.153. The van der Waals surface area contributed by atoms with Gasteiger partial charge < -0.3 is 10.1 Å². The molecule has 0 amide bonds. The maximum Gasteiger partial charge on any atom is 0.326 e. The molecule has 1 fully saturated rings. The number of ether oxygens (including phenoxy) is 1. The van der Waals surface area contributed by atoms with Gasteiger partial charge in [-0.15, -0.1) is 0 Å². The summed E-state index contributed by atoms with van der Waals surface area (Å²) < 4.78 is 5.29. The minimum Gasteiger partial charge on any atom is -0.465 e. The molecule has 1 saturated carbocycles. The molecule has 1 rings (SSSR count). The Kier molecular flexibility index (Phi) is 5.44. The van der Waals surface area contributed by atoms with E-state index in [9.17, 15) is 4.79 Å². The van der Waals surface area contributed by atoms with Crippen molar-refractivity contribution < 1.29 is 9.53 Å². The monoisotopic (exact) mass is 241 g/mol. The van der Waals surface area contributed by atoms with Crippen LogP contribution in [-0.2, 0) is 9.53 Å². The zero-order valence-corrected chi connectivity index (χ0v) is 11.7. The van der Waals surface area contributed by atoms with Gasteiger partial charge in [0.2, 0.25) is 0 Å². The molecule has 0 radical (unpaired) electrons. The molecule has 0 aromatic carbocycles. The van der Waals surface area contributed by atoms with E-state index in [0.29, 0.717) is 18.4 Å². The maximum absolute atomic E-state index is 12.3. The molecule has 0 aliphatic heterocycles. The fourth-order valence-corrected chi connectivity index (χ4v) is 2.85. The fraction of sp³-hybridized carbons (Fsp3) is 0.929. The first-order chi connectivity index (χ1) is 8.06. The first-order valence-electron chi connectivity index (χ1n) is 6.99. The summed E-state index contributed by atoms with van der Waals surface area (Å²) in [6, 6.07) is 0. The smallest absolute Gasteiger partial charge is 0.326 e. The Labute approximate surface area is 105 Å². The van der Waals surface area contributed by atoms with Crippen LogP contribution in [0.25, 0.3) is 0 Å². The van der Waals surface area contributed by atoms with Crippen LogP contribution in [0.5, 0.6) is 0 Å². The van der Waals surface area contributed by atoms with E-state index in [0.717, 1.165) is 32.2 Å². The zero-order chi connectivity index (χ0) is 12.9. The van der Waals surface area contributed by atoms with Crippen molar-refractivity contribution in [2.75, 3.05) is 13.2 Å². The molecule has 2 atom stereocenters. The van der Waals surface area contributed by atoms with Gasteiger partial charge in [-0.05, 0) is 38.1 Å². The largest absolute Gasteiger partial charge is 0.465 e. The van der Waals surface area contributed by atoms with Gasteiger partial charge in [-0.2, -0.15) is 0 Å². The number of carbonyl (C=O) groups excluding carboxylic acids is 1. The number of hydrogen-bond donors (Lipinski definition) is 1. The van der Waals surface area contributed by atoms with Crippen LogP contribution in [0.4, 0.5) is 0 Å². The molecule has 0 saturated heterocycles. The van der Waals surface area contributed by atoms with E-state index in [1.54, 1.807) is 0 Å². The summed E-state index contributed by atoms with van der Waals surface area (Å²) >= 11 is 0. The van der Waals surface area contributed by atoms with Gasteiger partial charge in [-0.1, -0.05) is 33.6 Å². The first-order valence-corrected chi connectivity index (χ1v) is 6.99. The fourth-order valence-electron chi connectivity index (χ4n) is 2.85. The maximum atomic E-state index is 12.3. The van der Waals surface area contributed by atoms with Crippen molar-refractivity contribution in [3.63, 3.8) is 0 Å². The highest BCUT2D eigenvalue weighted by atomic mass is 16.5. The van der Waals surface area contributed by atoms with Gasteiger partial charge in [0.15, 0.2) is 0 Å². The molecular formula is C14H27NO2. The standard InChI is InChI=1S/C14H27NO2/c1-5-12-8-7-9-14(12,13(16)17-6-2)15-10-11(3)4/h11-12,15H,5-10H2,1-4H3. The Morgan fingerprint density at radius 3 is 2.71 bits per heavy atom. The number of nitrogens with one attached hydrogen (secondary N) is 1.